The molecule has 0 spiro atoms. The summed E-state index contributed by atoms with van der Waals surface area (Å²) >= 11 is 1.52. The maximum atomic E-state index is 11.3. The number of nitrogens with zero attached hydrogens (tertiary/aromatic N) is 3. The standard InChI is InChI=1S/C13H16N4O2S/c1-9(19)14-10-2-4-16(5-3-10)12-11(8-18)17-6-7-20-13(17)15-12/h6-8,10H,2-5H2,1H3,(H,14,19). The molecule has 7 heteroatoms. The highest BCUT2D eigenvalue weighted by Crippen LogP contribution is 2.25. The van der Waals surface area contributed by atoms with Crippen LogP contribution in [-0.4, -0.2) is 40.7 Å². The van der Waals surface area contributed by atoms with Gasteiger partial charge in [0.2, 0.25) is 5.91 Å². The second kappa shape index (κ2) is 5.24. The number of aldehydes is 1. The number of amides is 1. The molecule has 1 aliphatic heterocycles. The maximum absolute atomic E-state index is 11.3. The highest BCUT2D eigenvalue weighted by molar-refractivity contribution is 7.15. The SMILES string of the molecule is CC(=O)NC1CCN(c2nc3sccn3c2C=O)CC1. The Labute approximate surface area is 120 Å². The van der Waals surface area contributed by atoms with Gasteiger partial charge in [-0.3, -0.25) is 14.0 Å². The largest absolute Gasteiger partial charge is 0.355 e. The molecule has 1 amide bonds. The van der Waals surface area contributed by atoms with Gasteiger partial charge in [0.05, 0.1) is 0 Å². The Bertz CT molecular complexity index is 640. The Morgan fingerprint density at radius 1 is 1.50 bits per heavy atom. The molecular formula is C13H16N4O2S. The van der Waals surface area contributed by atoms with Crippen molar-refractivity contribution in [2.24, 2.45) is 0 Å². The third kappa shape index (κ3) is 2.29. The van der Waals surface area contributed by atoms with E-state index in [4.69, 9.17) is 0 Å². The molecule has 0 saturated carbocycles. The summed E-state index contributed by atoms with van der Waals surface area (Å²) in [5.41, 5.74) is 0.610. The average molecular weight is 292 g/mol. The number of rotatable bonds is 3. The third-order valence-corrected chi connectivity index (χ3v) is 4.35. The molecule has 1 fully saturated rings. The van der Waals surface area contributed by atoms with Gasteiger partial charge in [0.1, 0.15) is 5.69 Å². The summed E-state index contributed by atoms with van der Waals surface area (Å²) in [6.45, 7) is 3.15. The minimum absolute atomic E-state index is 0.0135. The van der Waals surface area contributed by atoms with E-state index in [0.29, 0.717) is 5.69 Å². The Kier molecular flexibility index (Phi) is 3.43. The van der Waals surface area contributed by atoms with Gasteiger partial charge in [-0.25, -0.2) is 4.98 Å². The lowest BCUT2D eigenvalue weighted by atomic mass is 10.0. The van der Waals surface area contributed by atoms with Gasteiger partial charge in [-0.05, 0) is 12.8 Å². The van der Waals surface area contributed by atoms with Gasteiger partial charge in [0, 0.05) is 37.6 Å². The third-order valence-electron chi connectivity index (χ3n) is 3.59. The molecule has 3 heterocycles. The Morgan fingerprint density at radius 2 is 2.25 bits per heavy atom. The van der Waals surface area contributed by atoms with Gasteiger partial charge in [-0.2, -0.15) is 0 Å². The van der Waals surface area contributed by atoms with Gasteiger partial charge in [0.15, 0.2) is 17.1 Å². The molecule has 1 N–H and O–H groups in total. The van der Waals surface area contributed by atoms with Gasteiger partial charge >= 0.3 is 0 Å². The average Bonchev–Trinajstić information content (AvgIpc) is 2.98. The van der Waals surface area contributed by atoms with Crippen molar-refractivity contribution in [3.63, 3.8) is 0 Å². The van der Waals surface area contributed by atoms with Crippen LogP contribution in [0.3, 0.4) is 0 Å². The Balaban J connectivity index is 1.78. The lowest BCUT2D eigenvalue weighted by molar-refractivity contribution is -0.119. The first-order chi connectivity index (χ1) is 9.69. The summed E-state index contributed by atoms with van der Waals surface area (Å²) in [7, 11) is 0. The summed E-state index contributed by atoms with van der Waals surface area (Å²) in [4.78, 5) is 29.9. The topological polar surface area (TPSA) is 66.7 Å². The Morgan fingerprint density at radius 3 is 2.90 bits per heavy atom. The van der Waals surface area contributed by atoms with Gasteiger partial charge < -0.3 is 10.2 Å². The molecule has 0 bridgehead atoms. The first-order valence-corrected chi connectivity index (χ1v) is 7.50. The Hall–Kier alpha value is -1.89. The number of carbonyl (C=O) groups is 2. The molecule has 106 valence electrons. The molecule has 6 nitrogen and oxygen atoms in total. The van der Waals surface area contributed by atoms with E-state index < -0.39 is 0 Å². The van der Waals surface area contributed by atoms with Crippen LogP contribution in [-0.2, 0) is 4.79 Å². The molecule has 2 aromatic heterocycles. The fraction of sp³-hybridized carbons (Fsp3) is 0.462. The van der Waals surface area contributed by atoms with Gasteiger partial charge in [0.25, 0.3) is 0 Å². The lowest BCUT2D eigenvalue weighted by Gasteiger charge is -2.32. The second-order valence-electron chi connectivity index (χ2n) is 4.96. The number of imidazole rings is 1. The number of hydrogen-bond acceptors (Lipinski definition) is 5. The second-order valence-corrected chi connectivity index (χ2v) is 5.83. The zero-order chi connectivity index (χ0) is 14.1. The molecule has 0 aromatic carbocycles. The van der Waals surface area contributed by atoms with Crippen molar-refractivity contribution >= 4 is 34.3 Å². The summed E-state index contributed by atoms with van der Waals surface area (Å²) in [5, 5.41) is 4.86. The first-order valence-electron chi connectivity index (χ1n) is 6.62. The van der Waals surface area contributed by atoms with E-state index in [0.717, 1.165) is 43.0 Å². The van der Waals surface area contributed by atoms with Crippen LogP contribution < -0.4 is 10.2 Å². The van der Waals surface area contributed by atoms with Crippen molar-refractivity contribution in [2.45, 2.75) is 25.8 Å². The number of aromatic nitrogens is 2. The van der Waals surface area contributed by atoms with E-state index in [1.807, 2.05) is 16.0 Å². The van der Waals surface area contributed by atoms with Crippen LogP contribution >= 0.6 is 11.3 Å². The number of piperidine rings is 1. The summed E-state index contributed by atoms with van der Waals surface area (Å²) in [6.07, 6.45) is 4.48. The number of carbonyl (C=O) groups excluding carboxylic acids is 2. The predicted molar refractivity (Wildman–Crippen MR) is 77.5 cm³/mol. The molecule has 0 radical (unpaired) electrons. The molecule has 0 unspecified atom stereocenters. The fourth-order valence-electron chi connectivity index (χ4n) is 2.66. The van der Waals surface area contributed by atoms with E-state index in [9.17, 15) is 9.59 Å². The van der Waals surface area contributed by atoms with Crippen LogP contribution in [0, 0.1) is 0 Å². The van der Waals surface area contributed by atoms with Crippen molar-refractivity contribution in [1.29, 1.82) is 0 Å². The minimum Gasteiger partial charge on any atom is -0.355 e. The minimum atomic E-state index is 0.0135. The van der Waals surface area contributed by atoms with E-state index >= 15 is 0 Å². The van der Waals surface area contributed by atoms with Crippen molar-refractivity contribution in [3.05, 3.63) is 17.3 Å². The van der Waals surface area contributed by atoms with Gasteiger partial charge in [-0.1, -0.05) is 0 Å². The quantitative estimate of drug-likeness (QED) is 0.866. The van der Waals surface area contributed by atoms with E-state index in [1.165, 1.54) is 11.3 Å². The van der Waals surface area contributed by atoms with Crippen LogP contribution in [0.5, 0.6) is 0 Å². The highest BCUT2D eigenvalue weighted by atomic mass is 32.1. The normalized spacial score (nSPS) is 16.6. The number of thiazole rings is 1. The first kappa shape index (κ1) is 13.1. The molecule has 3 rings (SSSR count). The van der Waals surface area contributed by atoms with Crippen molar-refractivity contribution in [2.75, 3.05) is 18.0 Å². The highest BCUT2D eigenvalue weighted by Gasteiger charge is 2.24. The number of hydrogen-bond donors (Lipinski definition) is 1. The summed E-state index contributed by atoms with van der Waals surface area (Å²) in [5.74, 6) is 0.771. The molecule has 0 aliphatic carbocycles. The van der Waals surface area contributed by atoms with E-state index in [1.54, 1.807) is 6.92 Å². The fourth-order valence-corrected chi connectivity index (χ4v) is 3.37. The van der Waals surface area contributed by atoms with Crippen molar-refractivity contribution < 1.29 is 9.59 Å². The van der Waals surface area contributed by atoms with Gasteiger partial charge in [-0.15, -0.1) is 11.3 Å². The molecular weight excluding hydrogens is 276 g/mol. The van der Waals surface area contributed by atoms with E-state index in [2.05, 4.69) is 15.2 Å². The van der Waals surface area contributed by atoms with Crippen LogP contribution in [0.4, 0.5) is 5.82 Å². The smallest absolute Gasteiger partial charge is 0.217 e. The number of anilines is 1. The van der Waals surface area contributed by atoms with Crippen LogP contribution in [0.25, 0.3) is 4.96 Å². The molecule has 1 saturated heterocycles. The van der Waals surface area contributed by atoms with Crippen LogP contribution in [0.15, 0.2) is 11.6 Å². The van der Waals surface area contributed by atoms with Crippen LogP contribution in [0.2, 0.25) is 0 Å². The molecule has 2 aromatic rings. The maximum Gasteiger partial charge on any atom is 0.217 e. The molecule has 1 aliphatic rings. The van der Waals surface area contributed by atoms with Crippen molar-refractivity contribution in [1.82, 2.24) is 14.7 Å². The predicted octanol–water partition coefficient (Wildman–Crippen LogP) is 1.31. The number of fused-ring (bicyclic) bond motifs is 1. The number of nitrogens with one attached hydrogen (secondary N) is 1. The molecule has 20 heavy (non-hydrogen) atoms. The van der Waals surface area contributed by atoms with Crippen LogP contribution in [0.1, 0.15) is 30.3 Å². The zero-order valence-electron chi connectivity index (χ0n) is 11.2. The monoisotopic (exact) mass is 292 g/mol. The lowest BCUT2D eigenvalue weighted by Crippen LogP contribution is -2.44. The summed E-state index contributed by atoms with van der Waals surface area (Å²) < 4.78 is 1.83. The summed E-state index contributed by atoms with van der Waals surface area (Å²) in [6, 6.07) is 0.229. The van der Waals surface area contributed by atoms with Crippen molar-refractivity contribution in [3.8, 4) is 0 Å². The molecule has 0 atom stereocenters. The van der Waals surface area contributed by atoms with E-state index in [-0.39, 0.29) is 11.9 Å². The zero-order valence-corrected chi connectivity index (χ0v) is 12.0.